The maximum atomic E-state index is 5.75. The Bertz CT molecular complexity index is 820. The van der Waals surface area contributed by atoms with Crippen molar-refractivity contribution in [3.8, 4) is 22.8 Å². The molecule has 0 saturated heterocycles. The van der Waals surface area contributed by atoms with Crippen LogP contribution in [0.5, 0.6) is 11.5 Å². The first-order valence-corrected chi connectivity index (χ1v) is 8.69. The molecule has 0 atom stereocenters. The minimum Gasteiger partial charge on any atom is -0.490 e. The number of thiazole rings is 1. The summed E-state index contributed by atoms with van der Waals surface area (Å²) in [7, 11) is 0. The molecule has 2 heterocycles. The summed E-state index contributed by atoms with van der Waals surface area (Å²) in [6.45, 7) is 1.38. The number of ether oxygens (including phenoxy) is 2. The molecule has 1 aliphatic heterocycles. The highest BCUT2D eigenvalue weighted by Gasteiger charge is 2.13. The molecule has 0 saturated carbocycles. The van der Waals surface area contributed by atoms with Gasteiger partial charge in [0.2, 0.25) is 5.13 Å². The number of benzene rings is 2. The van der Waals surface area contributed by atoms with Crippen molar-refractivity contribution in [3.05, 3.63) is 53.9 Å². The number of aromatic nitrogens is 1. The number of nitrogens with one attached hydrogen (secondary N) is 2. The molecule has 24 heavy (non-hydrogen) atoms. The molecule has 2 aromatic carbocycles. The first-order chi connectivity index (χ1) is 11.9. The molecule has 2 N–H and O–H groups in total. The van der Waals surface area contributed by atoms with E-state index in [0.29, 0.717) is 13.2 Å². The van der Waals surface area contributed by atoms with Gasteiger partial charge in [0, 0.05) is 17.4 Å². The van der Waals surface area contributed by atoms with Gasteiger partial charge in [-0.15, -0.1) is 11.3 Å². The molecule has 0 unspecified atom stereocenters. The first kappa shape index (κ1) is 14.8. The molecule has 0 bridgehead atoms. The molecule has 1 aliphatic rings. The molecule has 0 aliphatic carbocycles. The van der Waals surface area contributed by atoms with Crippen molar-refractivity contribution in [3.63, 3.8) is 0 Å². The highest BCUT2D eigenvalue weighted by molar-refractivity contribution is 7.14. The van der Waals surface area contributed by atoms with Gasteiger partial charge in [-0.05, 0) is 30.3 Å². The topological polar surface area (TPSA) is 55.4 Å². The molecular formula is C18H17N3O2S. The number of para-hydroxylation sites is 1. The summed E-state index contributed by atoms with van der Waals surface area (Å²) >= 11 is 1.55. The van der Waals surface area contributed by atoms with Gasteiger partial charge in [-0.1, -0.05) is 18.2 Å². The number of hydrogen-bond donors (Lipinski definition) is 2. The monoisotopic (exact) mass is 339 g/mol. The molecule has 0 radical (unpaired) electrons. The lowest BCUT2D eigenvalue weighted by Gasteiger charge is -2.08. The highest BCUT2D eigenvalue weighted by atomic mass is 32.1. The summed E-state index contributed by atoms with van der Waals surface area (Å²) in [6, 6.07) is 15.9. The fraction of sp³-hybridized carbons (Fsp3) is 0.167. The van der Waals surface area contributed by atoms with Crippen LogP contribution in [0.3, 0.4) is 0 Å². The van der Waals surface area contributed by atoms with Gasteiger partial charge < -0.3 is 9.47 Å². The van der Waals surface area contributed by atoms with Gasteiger partial charge in [-0.3, -0.25) is 10.9 Å². The Hall–Kier alpha value is -2.73. The minimum absolute atomic E-state index is 0.682. The molecular weight excluding hydrogens is 322 g/mol. The predicted molar refractivity (Wildman–Crippen MR) is 96.8 cm³/mol. The second kappa shape index (κ2) is 6.80. The summed E-state index contributed by atoms with van der Waals surface area (Å²) in [4.78, 5) is 4.62. The van der Waals surface area contributed by atoms with Crippen molar-refractivity contribution < 1.29 is 9.47 Å². The van der Waals surface area contributed by atoms with Crippen LogP contribution >= 0.6 is 11.3 Å². The lowest BCUT2D eigenvalue weighted by Crippen LogP contribution is -2.07. The van der Waals surface area contributed by atoms with E-state index in [1.54, 1.807) is 11.3 Å². The maximum Gasteiger partial charge on any atom is 0.202 e. The first-order valence-electron chi connectivity index (χ1n) is 7.81. The number of rotatable bonds is 4. The van der Waals surface area contributed by atoms with Crippen molar-refractivity contribution in [1.29, 1.82) is 0 Å². The van der Waals surface area contributed by atoms with Gasteiger partial charge >= 0.3 is 0 Å². The van der Waals surface area contributed by atoms with Crippen molar-refractivity contribution in [2.45, 2.75) is 6.42 Å². The van der Waals surface area contributed by atoms with Crippen LogP contribution in [0, 0.1) is 0 Å². The molecule has 1 aromatic heterocycles. The van der Waals surface area contributed by atoms with Gasteiger partial charge in [-0.25, -0.2) is 4.98 Å². The zero-order chi connectivity index (χ0) is 16.2. The minimum atomic E-state index is 0.682. The Labute approximate surface area is 144 Å². The molecule has 6 heteroatoms. The van der Waals surface area contributed by atoms with Crippen LogP contribution in [-0.2, 0) is 0 Å². The van der Waals surface area contributed by atoms with E-state index in [9.17, 15) is 0 Å². The van der Waals surface area contributed by atoms with E-state index in [-0.39, 0.29) is 0 Å². The third-order valence-electron chi connectivity index (χ3n) is 3.64. The lowest BCUT2D eigenvalue weighted by molar-refractivity contribution is 0.297. The Morgan fingerprint density at radius 1 is 0.917 bits per heavy atom. The van der Waals surface area contributed by atoms with Crippen molar-refractivity contribution >= 4 is 22.2 Å². The van der Waals surface area contributed by atoms with Crippen molar-refractivity contribution in [1.82, 2.24) is 4.98 Å². The van der Waals surface area contributed by atoms with Crippen molar-refractivity contribution in [2.24, 2.45) is 0 Å². The van der Waals surface area contributed by atoms with Crippen LogP contribution in [-0.4, -0.2) is 18.2 Å². The number of hydrogen-bond acceptors (Lipinski definition) is 6. The van der Waals surface area contributed by atoms with E-state index in [0.717, 1.165) is 40.0 Å². The molecule has 0 fully saturated rings. The normalized spacial score (nSPS) is 13.2. The van der Waals surface area contributed by atoms with Gasteiger partial charge in [0.05, 0.1) is 24.6 Å². The summed E-state index contributed by atoms with van der Waals surface area (Å²) in [5.41, 5.74) is 9.18. The highest BCUT2D eigenvalue weighted by Crippen LogP contribution is 2.35. The van der Waals surface area contributed by atoms with Gasteiger partial charge in [0.15, 0.2) is 11.5 Å². The average Bonchev–Trinajstić information content (AvgIpc) is 2.98. The smallest absolute Gasteiger partial charge is 0.202 e. The maximum absolute atomic E-state index is 5.75. The standard InChI is InChI=1S/C18H17N3O2S/c1-2-5-14(6-3-1)20-21-18-19-15(12-24-18)13-7-8-16-17(11-13)23-10-4-9-22-16/h1-3,5-8,11-12,20H,4,9-10H2,(H,19,21). The fourth-order valence-electron chi connectivity index (χ4n) is 2.43. The third-order valence-corrected chi connectivity index (χ3v) is 4.39. The number of fused-ring (bicyclic) bond motifs is 1. The van der Waals surface area contributed by atoms with E-state index in [2.05, 4.69) is 15.8 Å². The number of nitrogens with zero attached hydrogens (tertiary/aromatic N) is 1. The van der Waals surface area contributed by atoms with E-state index >= 15 is 0 Å². The zero-order valence-electron chi connectivity index (χ0n) is 13.0. The number of hydrazine groups is 1. The summed E-state index contributed by atoms with van der Waals surface area (Å²) in [6.07, 6.45) is 0.903. The van der Waals surface area contributed by atoms with Crippen LogP contribution in [0.15, 0.2) is 53.9 Å². The van der Waals surface area contributed by atoms with Crippen LogP contribution in [0.4, 0.5) is 10.8 Å². The van der Waals surface area contributed by atoms with Crippen LogP contribution in [0.2, 0.25) is 0 Å². The van der Waals surface area contributed by atoms with E-state index < -0.39 is 0 Å². The van der Waals surface area contributed by atoms with Crippen LogP contribution in [0.25, 0.3) is 11.3 Å². The van der Waals surface area contributed by atoms with E-state index in [1.807, 2.05) is 53.9 Å². The second-order valence-electron chi connectivity index (χ2n) is 5.37. The quantitative estimate of drug-likeness (QED) is 0.690. The van der Waals surface area contributed by atoms with E-state index in [4.69, 9.17) is 9.47 Å². The second-order valence-corrected chi connectivity index (χ2v) is 6.22. The summed E-state index contributed by atoms with van der Waals surface area (Å²) < 4.78 is 11.4. The van der Waals surface area contributed by atoms with Gasteiger partial charge in [0.1, 0.15) is 0 Å². The summed E-state index contributed by atoms with van der Waals surface area (Å²) in [5, 5.41) is 2.83. The molecule has 5 nitrogen and oxygen atoms in total. The molecule has 0 spiro atoms. The Morgan fingerprint density at radius 2 is 1.75 bits per heavy atom. The SMILES string of the molecule is c1ccc(NNc2nc(-c3ccc4c(c3)OCCCO4)cs2)cc1. The zero-order valence-corrected chi connectivity index (χ0v) is 13.8. The predicted octanol–water partition coefficient (Wildman–Crippen LogP) is 4.41. The van der Waals surface area contributed by atoms with Crippen LogP contribution < -0.4 is 20.3 Å². The van der Waals surface area contributed by atoms with Gasteiger partial charge in [-0.2, -0.15) is 0 Å². The molecule has 4 rings (SSSR count). The largest absolute Gasteiger partial charge is 0.490 e. The lowest BCUT2D eigenvalue weighted by atomic mass is 10.1. The summed E-state index contributed by atoms with van der Waals surface area (Å²) in [5.74, 6) is 1.59. The molecule has 0 amide bonds. The van der Waals surface area contributed by atoms with E-state index in [1.165, 1.54) is 0 Å². The van der Waals surface area contributed by atoms with Crippen LogP contribution in [0.1, 0.15) is 6.42 Å². The Morgan fingerprint density at radius 3 is 2.62 bits per heavy atom. The third kappa shape index (κ3) is 3.28. The number of anilines is 2. The molecule has 122 valence electrons. The molecule has 3 aromatic rings. The average molecular weight is 339 g/mol. The Balaban J connectivity index is 1.49. The Kier molecular flexibility index (Phi) is 4.20. The van der Waals surface area contributed by atoms with Gasteiger partial charge in [0.25, 0.3) is 0 Å². The van der Waals surface area contributed by atoms with Crippen molar-refractivity contribution in [2.75, 3.05) is 24.1 Å². The fourth-order valence-corrected chi connectivity index (χ4v) is 3.11.